The smallest absolute Gasteiger partial charge is 0.159 e. The zero-order chi connectivity index (χ0) is 13.0. The lowest BCUT2D eigenvalue weighted by atomic mass is 10.0. The molecule has 1 aromatic rings. The average molecular weight is 254 g/mol. The van der Waals surface area contributed by atoms with Gasteiger partial charge in [0.1, 0.15) is 0 Å². The van der Waals surface area contributed by atoms with Crippen molar-refractivity contribution in [1.82, 2.24) is 10.2 Å². The average Bonchev–Trinajstić information content (AvgIpc) is 2.64. The highest BCUT2D eigenvalue weighted by Crippen LogP contribution is 2.25. The zero-order valence-corrected chi connectivity index (χ0v) is 10.8. The summed E-state index contributed by atoms with van der Waals surface area (Å²) in [7, 11) is 0. The van der Waals surface area contributed by atoms with Crippen LogP contribution in [0.4, 0.5) is 8.78 Å². The first-order valence-electron chi connectivity index (χ1n) is 6.62. The minimum atomic E-state index is -0.772. The van der Waals surface area contributed by atoms with Crippen molar-refractivity contribution in [2.45, 2.75) is 25.8 Å². The normalized spacial score (nSPS) is 19.5. The minimum Gasteiger partial charge on any atom is -0.315 e. The van der Waals surface area contributed by atoms with Crippen molar-refractivity contribution in [1.29, 1.82) is 0 Å². The van der Waals surface area contributed by atoms with Crippen LogP contribution in [0, 0.1) is 11.6 Å². The summed E-state index contributed by atoms with van der Waals surface area (Å²) in [6.45, 7) is 6.04. The maximum atomic E-state index is 13.3. The van der Waals surface area contributed by atoms with Crippen LogP contribution < -0.4 is 5.32 Å². The highest BCUT2D eigenvalue weighted by atomic mass is 19.2. The molecule has 2 nitrogen and oxygen atoms in total. The van der Waals surface area contributed by atoms with Gasteiger partial charge in [-0.1, -0.05) is 13.0 Å². The predicted octanol–water partition coefficient (Wildman–Crippen LogP) is 2.71. The Morgan fingerprint density at radius 1 is 1.22 bits per heavy atom. The van der Waals surface area contributed by atoms with E-state index in [1.165, 1.54) is 12.1 Å². The van der Waals surface area contributed by atoms with Crippen molar-refractivity contribution in [3.8, 4) is 0 Å². The molecule has 1 aromatic carbocycles. The van der Waals surface area contributed by atoms with Crippen LogP contribution in [0.3, 0.4) is 0 Å². The summed E-state index contributed by atoms with van der Waals surface area (Å²) in [5, 5.41) is 3.35. The molecule has 1 aliphatic rings. The van der Waals surface area contributed by atoms with Crippen molar-refractivity contribution in [2.75, 3.05) is 26.2 Å². The minimum absolute atomic E-state index is 0.181. The molecule has 1 saturated heterocycles. The van der Waals surface area contributed by atoms with E-state index in [2.05, 4.69) is 17.1 Å². The molecule has 0 radical (unpaired) electrons. The Morgan fingerprint density at radius 3 is 2.78 bits per heavy atom. The Morgan fingerprint density at radius 2 is 2.06 bits per heavy atom. The molecule has 1 aliphatic heterocycles. The zero-order valence-electron chi connectivity index (χ0n) is 10.8. The highest BCUT2D eigenvalue weighted by molar-refractivity contribution is 5.21. The van der Waals surface area contributed by atoms with Crippen LogP contribution in [0.5, 0.6) is 0 Å². The van der Waals surface area contributed by atoms with Crippen LogP contribution in [0.15, 0.2) is 18.2 Å². The molecule has 1 fully saturated rings. The van der Waals surface area contributed by atoms with E-state index >= 15 is 0 Å². The van der Waals surface area contributed by atoms with E-state index in [1.54, 1.807) is 6.07 Å². The molecule has 0 saturated carbocycles. The van der Waals surface area contributed by atoms with Gasteiger partial charge in [-0.25, -0.2) is 8.78 Å². The van der Waals surface area contributed by atoms with Crippen molar-refractivity contribution >= 4 is 0 Å². The van der Waals surface area contributed by atoms with Crippen LogP contribution in [0.1, 0.15) is 31.4 Å². The van der Waals surface area contributed by atoms with E-state index < -0.39 is 11.6 Å². The number of halogens is 2. The van der Waals surface area contributed by atoms with Crippen LogP contribution in [-0.4, -0.2) is 31.1 Å². The van der Waals surface area contributed by atoms with E-state index in [9.17, 15) is 8.78 Å². The lowest BCUT2D eigenvalue weighted by molar-refractivity contribution is 0.204. The summed E-state index contributed by atoms with van der Waals surface area (Å²) >= 11 is 0. The maximum absolute atomic E-state index is 13.3. The van der Waals surface area contributed by atoms with Crippen molar-refractivity contribution in [3.05, 3.63) is 35.4 Å². The van der Waals surface area contributed by atoms with E-state index in [-0.39, 0.29) is 6.04 Å². The van der Waals surface area contributed by atoms with Crippen LogP contribution in [0.25, 0.3) is 0 Å². The topological polar surface area (TPSA) is 15.3 Å². The molecule has 1 atom stereocenters. The first-order valence-corrected chi connectivity index (χ1v) is 6.62. The molecular weight excluding hydrogens is 234 g/mol. The van der Waals surface area contributed by atoms with Gasteiger partial charge >= 0.3 is 0 Å². The second kappa shape index (κ2) is 6.25. The van der Waals surface area contributed by atoms with Crippen molar-refractivity contribution in [2.24, 2.45) is 0 Å². The quantitative estimate of drug-likeness (QED) is 0.892. The maximum Gasteiger partial charge on any atom is 0.159 e. The van der Waals surface area contributed by atoms with Crippen LogP contribution in [0.2, 0.25) is 0 Å². The number of nitrogens with zero attached hydrogens (tertiary/aromatic N) is 1. The fourth-order valence-electron chi connectivity index (χ4n) is 2.60. The van der Waals surface area contributed by atoms with Gasteiger partial charge in [0.25, 0.3) is 0 Å². The molecule has 0 spiro atoms. The molecule has 1 heterocycles. The van der Waals surface area contributed by atoms with Gasteiger partial charge in [0.15, 0.2) is 11.6 Å². The third kappa shape index (κ3) is 3.06. The largest absolute Gasteiger partial charge is 0.315 e. The Labute approximate surface area is 107 Å². The van der Waals surface area contributed by atoms with Gasteiger partial charge in [0.2, 0.25) is 0 Å². The van der Waals surface area contributed by atoms with Crippen LogP contribution >= 0.6 is 0 Å². The summed E-state index contributed by atoms with van der Waals surface area (Å²) in [5.74, 6) is -1.52. The standard InChI is InChI=1S/C14H20F2N2/c1-2-14(18-8-3-6-17-7-9-18)11-4-5-12(15)13(16)10-11/h4-5,10,14,17H,2-3,6-9H2,1H3. The van der Waals surface area contributed by atoms with Gasteiger partial charge < -0.3 is 5.32 Å². The fourth-order valence-corrected chi connectivity index (χ4v) is 2.60. The van der Waals surface area contributed by atoms with Gasteiger partial charge in [-0.15, -0.1) is 0 Å². The van der Waals surface area contributed by atoms with Gasteiger partial charge in [0.05, 0.1) is 0 Å². The first kappa shape index (κ1) is 13.4. The third-order valence-electron chi connectivity index (χ3n) is 3.53. The van der Waals surface area contributed by atoms with Crippen LogP contribution in [-0.2, 0) is 0 Å². The van der Waals surface area contributed by atoms with E-state index in [4.69, 9.17) is 0 Å². The van der Waals surface area contributed by atoms with Gasteiger partial charge in [-0.05, 0) is 37.1 Å². The first-order chi connectivity index (χ1) is 8.72. The highest BCUT2D eigenvalue weighted by Gasteiger charge is 2.20. The SMILES string of the molecule is CCC(c1ccc(F)c(F)c1)N1CCCNCC1. The summed E-state index contributed by atoms with van der Waals surface area (Å²) in [5.41, 5.74) is 0.873. The molecule has 0 aliphatic carbocycles. The van der Waals surface area contributed by atoms with E-state index in [1.807, 2.05) is 0 Å². The molecule has 18 heavy (non-hydrogen) atoms. The van der Waals surface area contributed by atoms with Gasteiger partial charge in [0, 0.05) is 25.7 Å². The molecule has 0 amide bonds. The summed E-state index contributed by atoms with van der Waals surface area (Å²) < 4.78 is 26.3. The molecule has 100 valence electrons. The number of hydrogen-bond donors (Lipinski definition) is 1. The molecular formula is C14H20F2N2. The fraction of sp³-hybridized carbons (Fsp3) is 0.571. The molecule has 2 rings (SSSR count). The molecule has 1 unspecified atom stereocenters. The van der Waals surface area contributed by atoms with E-state index in [0.717, 1.165) is 44.6 Å². The lowest BCUT2D eigenvalue weighted by Gasteiger charge is -2.30. The Hall–Kier alpha value is -1.00. The van der Waals surface area contributed by atoms with E-state index in [0.29, 0.717) is 0 Å². The number of rotatable bonds is 3. The Kier molecular flexibility index (Phi) is 4.66. The Balaban J connectivity index is 2.17. The summed E-state index contributed by atoms with van der Waals surface area (Å²) in [6, 6.07) is 4.44. The number of hydrogen-bond acceptors (Lipinski definition) is 2. The molecule has 1 N–H and O–H groups in total. The molecule has 0 bridgehead atoms. The number of benzene rings is 1. The molecule has 4 heteroatoms. The monoisotopic (exact) mass is 254 g/mol. The van der Waals surface area contributed by atoms with Gasteiger partial charge in [-0.3, -0.25) is 4.90 Å². The predicted molar refractivity (Wildman–Crippen MR) is 68.4 cm³/mol. The third-order valence-corrected chi connectivity index (χ3v) is 3.53. The summed E-state index contributed by atoms with van der Waals surface area (Å²) in [4.78, 5) is 2.35. The van der Waals surface area contributed by atoms with Crippen molar-refractivity contribution in [3.63, 3.8) is 0 Å². The van der Waals surface area contributed by atoms with Crippen molar-refractivity contribution < 1.29 is 8.78 Å². The Bertz CT molecular complexity index is 387. The summed E-state index contributed by atoms with van der Waals surface area (Å²) in [6.07, 6.45) is 2.01. The number of nitrogens with one attached hydrogen (secondary N) is 1. The second-order valence-corrected chi connectivity index (χ2v) is 4.74. The second-order valence-electron chi connectivity index (χ2n) is 4.74. The van der Waals surface area contributed by atoms with Gasteiger partial charge in [-0.2, -0.15) is 0 Å². The lowest BCUT2D eigenvalue weighted by Crippen LogP contribution is -2.32. The molecule has 0 aromatic heterocycles.